The van der Waals surface area contributed by atoms with Crippen LogP contribution in [-0.2, 0) is 22.4 Å². The largest absolute Gasteiger partial charge is 0.383 e. The van der Waals surface area contributed by atoms with Gasteiger partial charge in [0.25, 0.3) is 0 Å². The zero-order chi connectivity index (χ0) is 6.41. The van der Waals surface area contributed by atoms with Crippen molar-refractivity contribution in [1.29, 1.82) is 0 Å². The molecular formula is C6H14AuOS. The van der Waals surface area contributed by atoms with Crippen molar-refractivity contribution in [2.45, 2.75) is 38.0 Å². The molecule has 0 bridgehead atoms. The molecule has 0 aliphatic heterocycles. The van der Waals surface area contributed by atoms with Gasteiger partial charge in [0.2, 0.25) is 0 Å². The van der Waals surface area contributed by atoms with E-state index >= 15 is 0 Å². The Balaban J connectivity index is 0. The average molecular weight is 331 g/mol. The molecule has 61 valence electrons. The molecule has 1 radical (unpaired) electrons. The van der Waals surface area contributed by atoms with Gasteiger partial charge >= 0.3 is 0 Å². The molecule has 0 fully saturated rings. The summed E-state index contributed by atoms with van der Waals surface area (Å²) in [6.45, 7) is 2.14. The number of rotatable bonds is 4. The van der Waals surface area contributed by atoms with Gasteiger partial charge in [-0.1, -0.05) is 26.2 Å². The molecule has 0 aromatic carbocycles. The zero-order valence-electron chi connectivity index (χ0n) is 5.60. The Morgan fingerprint density at radius 2 is 2.00 bits per heavy atom. The summed E-state index contributed by atoms with van der Waals surface area (Å²) < 4.78 is 0. The monoisotopic (exact) mass is 331 g/mol. The topological polar surface area (TPSA) is 20.2 Å². The molecule has 0 spiro atoms. The third-order valence-electron chi connectivity index (χ3n) is 1.07. The number of aliphatic hydroxyl groups is 1. The van der Waals surface area contributed by atoms with E-state index in [9.17, 15) is 0 Å². The Hall–Kier alpha value is 1.05. The second-order valence-corrected chi connectivity index (χ2v) is 2.57. The van der Waals surface area contributed by atoms with E-state index in [-0.39, 0.29) is 22.4 Å². The van der Waals surface area contributed by atoms with E-state index in [1.165, 1.54) is 12.8 Å². The van der Waals surface area contributed by atoms with Crippen LogP contribution in [0.25, 0.3) is 0 Å². The third kappa shape index (κ3) is 12.3. The molecule has 0 rings (SSSR count). The van der Waals surface area contributed by atoms with Crippen molar-refractivity contribution in [3.63, 3.8) is 0 Å². The van der Waals surface area contributed by atoms with E-state index in [1.54, 1.807) is 0 Å². The Bertz CT molecular complexity index is 50.3. The van der Waals surface area contributed by atoms with Crippen LogP contribution in [0.5, 0.6) is 0 Å². The van der Waals surface area contributed by atoms with Crippen molar-refractivity contribution < 1.29 is 27.5 Å². The molecule has 0 saturated heterocycles. The molecule has 1 N–H and O–H groups in total. The van der Waals surface area contributed by atoms with Gasteiger partial charge in [0, 0.05) is 22.4 Å². The van der Waals surface area contributed by atoms with Crippen LogP contribution in [0.2, 0.25) is 0 Å². The normalized spacial score (nSPS) is 12.3. The SMILES string of the molecule is CCCCCC(O)S.[Au]. The fraction of sp³-hybridized carbons (Fsp3) is 1.00. The van der Waals surface area contributed by atoms with Gasteiger partial charge in [0.15, 0.2) is 0 Å². The van der Waals surface area contributed by atoms with Gasteiger partial charge in [-0.2, -0.15) is 0 Å². The van der Waals surface area contributed by atoms with Crippen LogP contribution >= 0.6 is 12.6 Å². The third-order valence-corrected chi connectivity index (χ3v) is 1.32. The van der Waals surface area contributed by atoms with E-state index in [2.05, 4.69) is 19.6 Å². The first-order valence-corrected chi connectivity index (χ1v) is 3.65. The predicted octanol–water partition coefficient (Wildman–Crippen LogP) is 1.81. The molecular weight excluding hydrogens is 317 g/mol. The van der Waals surface area contributed by atoms with E-state index < -0.39 is 5.44 Å². The second-order valence-electron chi connectivity index (χ2n) is 1.98. The first-order valence-electron chi connectivity index (χ1n) is 3.13. The van der Waals surface area contributed by atoms with Crippen molar-refractivity contribution >= 4 is 12.6 Å². The molecule has 1 atom stereocenters. The second kappa shape index (κ2) is 9.05. The molecule has 9 heavy (non-hydrogen) atoms. The smallest absolute Gasteiger partial charge is 0.0964 e. The summed E-state index contributed by atoms with van der Waals surface area (Å²) in [5, 5.41) is 8.64. The minimum Gasteiger partial charge on any atom is -0.383 e. The fourth-order valence-electron chi connectivity index (χ4n) is 0.577. The van der Waals surface area contributed by atoms with Gasteiger partial charge in [-0.05, 0) is 6.42 Å². The quantitative estimate of drug-likeness (QED) is 0.348. The van der Waals surface area contributed by atoms with Gasteiger partial charge in [-0.3, -0.25) is 0 Å². The Morgan fingerprint density at radius 3 is 2.33 bits per heavy atom. The summed E-state index contributed by atoms with van der Waals surface area (Å²) in [7, 11) is 0. The Morgan fingerprint density at radius 1 is 1.44 bits per heavy atom. The standard InChI is InChI=1S/C6H14OS.Au/c1-2-3-4-5-6(7)8;/h6-8H,2-5H2,1H3;. The summed E-state index contributed by atoms with van der Waals surface area (Å²) in [5.41, 5.74) is -0.401. The maximum absolute atomic E-state index is 8.64. The predicted molar refractivity (Wildman–Crippen MR) is 39.1 cm³/mol. The molecule has 0 aliphatic carbocycles. The van der Waals surface area contributed by atoms with Crippen LogP contribution in [0.15, 0.2) is 0 Å². The minimum absolute atomic E-state index is 0. The summed E-state index contributed by atoms with van der Waals surface area (Å²) in [5.74, 6) is 0. The number of thiol groups is 1. The molecule has 0 aliphatic rings. The van der Waals surface area contributed by atoms with Crippen molar-refractivity contribution in [2.75, 3.05) is 0 Å². The van der Waals surface area contributed by atoms with Gasteiger partial charge in [0.05, 0.1) is 5.44 Å². The van der Waals surface area contributed by atoms with Crippen LogP contribution in [0.4, 0.5) is 0 Å². The molecule has 0 aromatic heterocycles. The van der Waals surface area contributed by atoms with Crippen LogP contribution < -0.4 is 0 Å². The summed E-state index contributed by atoms with van der Waals surface area (Å²) in [4.78, 5) is 0. The molecule has 1 unspecified atom stereocenters. The maximum Gasteiger partial charge on any atom is 0.0964 e. The maximum atomic E-state index is 8.64. The van der Waals surface area contributed by atoms with Crippen LogP contribution in [0.3, 0.4) is 0 Å². The van der Waals surface area contributed by atoms with E-state index in [1.807, 2.05) is 0 Å². The van der Waals surface area contributed by atoms with Gasteiger partial charge in [-0.15, -0.1) is 12.6 Å². The van der Waals surface area contributed by atoms with Crippen LogP contribution in [0.1, 0.15) is 32.6 Å². The van der Waals surface area contributed by atoms with E-state index in [0.717, 1.165) is 12.8 Å². The Kier molecular flexibility index (Phi) is 12.8. The van der Waals surface area contributed by atoms with Crippen LogP contribution in [-0.4, -0.2) is 10.5 Å². The average Bonchev–Trinajstić information content (AvgIpc) is 1.66. The fourth-order valence-corrected chi connectivity index (χ4v) is 0.759. The number of unbranched alkanes of at least 4 members (excludes halogenated alkanes) is 2. The first-order chi connectivity index (χ1) is 3.77. The molecule has 1 nitrogen and oxygen atoms in total. The minimum atomic E-state index is -0.401. The first kappa shape index (κ1) is 12.7. The number of hydrogen-bond acceptors (Lipinski definition) is 2. The van der Waals surface area contributed by atoms with Gasteiger partial charge in [-0.25, -0.2) is 0 Å². The summed E-state index contributed by atoms with van der Waals surface area (Å²) in [6, 6.07) is 0. The van der Waals surface area contributed by atoms with Crippen molar-refractivity contribution in [3.05, 3.63) is 0 Å². The number of hydrogen-bond donors (Lipinski definition) is 2. The molecule has 0 heterocycles. The van der Waals surface area contributed by atoms with Crippen molar-refractivity contribution in [2.24, 2.45) is 0 Å². The van der Waals surface area contributed by atoms with Gasteiger partial charge < -0.3 is 5.11 Å². The van der Waals surface area contributed by atoms with Crippen molar-refractivity contribution in [3.8, 4) is 0 Å². The van der Waals surface area contributed by atoms with Gasteiger partial charge in [0.1, 0.15) is 0 Å². The van der Waals surface area contributed by atoms with E-state index in [4.69, 9.17) is 5.11 Å². The zero-order valence-corrected chi connectivity index (χ0v) is 8.66. The van der Waals surface area contributed by atoms with Crippen LogP contribution in [0, 0.1) is 0 Å². The molecule has 0 saturated carbocycles. The van der Waals surface area contributed by atoms with E-state index in [0.29, 0.717) is 0 Å². The Labute approximate surface area is 78.1 Å². The molecule has 0 aromatic rings. The summed E-state index contributed by atoms with van der Waals surface area (Å²) in [6.07, 6.45) is 4.34. The van der Waals surface area contributed by atoms with Crippen molar-refractivity contribution in [1.82, 2.24) is 0 Å². The molecule has 3 heteroatoms. The number of aliphatic hydroxyl groups excluding tert-OH is 1. The molecule has 0 amide bonds. The summed E-state index contributed by atoms with van der Waals surface area (Å²) >= 11 is 3.83.